The van der Waals surface area contributed by atoms with E-state index in [0.717, 1.165) is 19.3 Å². The topological polar surface area (TPSA) is 122 Å². The first-order valence-corrected chi connectivity index (χ1v) is 11.0. The molecule has 1 saturated heterocycles. The number of rotatable bonds is 8. The number of hydrogen-bond acceptors (Lipinski definition) is 5. The van der Waals surface area contributed by atoms with Gasteiger partial charge in [-0.15, -0.1) is 0 Å². The van der Waals surface area contributed by atoms with E-state index in [2.05, 4.69) is 15.7 Å². The molecule has 0 bridgehead atoms. The predicted molar refractivity (Wildman–Crippen MR) is 112 cm³/mol. The fraction of sp³-hybridized carbons (Fsp3) is 0.714. The molecular weight excluding hydrogens is 384 g/mol. The Hall–Kier alpha value is -2.42. The van der Waals surface area contributed by atoms with Crippen LogP contribution in [0.3, 0.4) is 0 Å². The standard InChI is InChI=1S/C21H34N6O3/c1-23-20(29)18(12-15-6-3-2-4-7-15)25-19(28)13-17(22)21(30)26-11-8-16(14-26)27-10-5-9-24-27/h5,9-10,15-18H,2-4,6-8,11-14,22H2,1H3,(H,23,29)(H,25,28). The Labute approximate surface area is 177 Å². The van der Waals surface area contributed by atoms with Gasteiger partial charge in [0.2, 0.25) is 17.7 Å². The molecular formula is C21H34N6O3. The van der Waals surface area contributed by atoms with Crippen molar-refractivity contribution in [2.75, 3.05) is 20.1 Å². The van der Waals surface area contributed by atoms with E-state index in [9.17, 15) is 14.4 Å². The summed E-state index contributed by atoms with van der Waals surface area (Å²) < 4.78 is 1.85. The van der Waals surface area contributed by atoms with Crippen molar-refractivity contribution in [3.05, 3.63) is 18.5 Å². The van der Waals surface area contributed by atoms with Gasteiger partial charge in [-0.3, -0.25) is 19.1 Å². The minimum Gasteiger partial charge on any atom is -0.357 e. The molecule has 2 aliphatic rings. The second-order valence-electron chi connectivity index (χ2n) is 8.50. The van der Waals surface area contributed by atoms with E-state index in [0.29, 0.717) is 25.4 Å². The van der Waals surface area contributed by atoms with Crippen LogP contribution in [0.2, 0.25) is 0 Å². The van der Waals surface area contributed by atoms with Crippen LogP contribution < -0.4 is 16.4 Å². The number of carbonyl (C=O) groups excluding carboxylic acids is 3. The van der Waals surface area contributed by atoms with Crippen LogP contribution >= 0.6 is 0 Å². The highest BCUT2D eigenvalue weighted by molar-refractivity contribution is 5.91. The van der Waals surface area contributed by atoms with Crippen molar-refractivity contribution in [2.45, 2.75) is 69.5 Å². The average molecular weight is 419 g/mol. The molecule has 3 atom stereocenters. The highest BCUT2D eigenvalue weighted by Gasteiger charge is 2.32. The Morgan fingerprint density at radius 3 is 2.63 bits per heavy atom. The Kier molecular flexibility index (Phi) is 7.84. The summed E-state index contributed by atoms with van der Waals surface area (Å²) in [6.07, 6.45) is 10.7. The van der Waals surface area contributed by atoms with Gasteiger partial charge in [0.15, 0.2) is 0 Å². The van der Waals surface area contributed by atoms with Crippen molar-refractivity contribution in [1.29, 1.82) is 0 Å². The zero-order valence-electron chi connectivity index (χ0n) is 17.8. The molecule has 4 N–H and O–H groups in total. The highest BCUT2D eigenvalue weighted by atomic mass is 16.2. The number of carbonyl (C=O) groups is 3. The molecule has 1 aromatic heterocycles. The molecule has 166 valence electrons. The zero-order chi connectivity index (χ0) is 21.5. The smallest absolute Gasteiger partial charge is 0.242 e. The van der Waals surface area contributed by atoms with E-state index in [1.807, 2.05) is 16.9 Å². The number of aromatic nitrogens is 2. The summed E-state index contributed by atoms with van der Waals surface area (Å²) in [5.41, 5.74) is 6.06. The molecule has 9 heteroatoms. The molecule has 3 unspecified atom stereocenters. The summed E-state index contributed by atoms with van der Waals surface area (Å²) in [6, 6.07) is 0.500. The fourth-order valence-electron chi connectivity index (χ4n) is 4.59. The third-order valence-corrected chi connectivity index (χ3v) is 6.29. The van der Waals surface area contributed by atoms with Crippen molar-refractivity contribution >= 4 is 17.7 Å². The maximum atomic E-state index is 12.7. The first kappa shape index (κ1) is 22.3. The van der Waals surface area contributed by atoms with Crippen LogP contribution in [0.15, 0.2) is 18.5 Å². The molecule has 0 spiro atoms. The summed E-state index contributed by atoms with van der Waals surface area (Å²) in [4.78, 5) is 39.2. The van der Waals surface area contributed by atoms with Gasteiger partial charge in [-0.05, 0) is 24.8 Å². The summed E-state index contributed by atoms with van der Waals surface area (Å²) in [5.74, 6) is -0.345. The van der Waals surface area contributed by atoms with Gasteiger partial charge in [-0.25, -0.2) is 0 Å². The molecule has 9 nitrogen and oxygen atoms in total. The summed E-state index contributed by atoms with van der Waals surface area (Å²) >= 11 is 0. The normalized spacial score (nSPS) is 21.8. The maximum Gasteiger partial charge on any atom is 0.242 e. The largest absolute Gasteiger partial charge is 0.357 e. The summed E-state index contributed by atoms with van der Waals surface area (Å²) in [7, 11) is 1.57. The van der Waals surface area contributed by atoms with Gasteiger partial charge >= 0.3 is 0 Å². The molecule has 30 heavy (non-hydrogen) atoms. The minimum absolute atomic E-state index is 0.125. The van der Waals surface area contributed by atoms with E-state index in [1.54, 1.807) is 18.1 Å². The Morgan fingerprint density at radius 2 is 1.97 bits per heavy atom. The molecule has 0 radical (unpaired) electrons. The number of nitrogens with zero attached hydrogens (tertiary/aromatic N) is 3. The van der Waals surface area contributed by atoms with Gasteiger partial charge in [0.25, 0.3) is 0 Å². The van der Waals surface area contributed by atoms with Gasteiger partial charge in [-0.2, -0.15) is 5.10 Å². The van der Waals surface area contributed by atoms with Crippen LogP contribution in [-0.4, -0.2) is 64.6 Å². The fourth-order valence-corrected chi connectivity index (χ4v) is 4.59. The predicted octanol–water partition coefficient (Wildman–Crippen LogP) is 0.575. The van der Waals surface area contributed by atoms with Crippen LogP contribution in [0.5, 0.6) is 0 Å². The van der Waals surface area contributed by atoms with Gasteiger partial charge in [0.1, 0.15) is 6.04 Å². The summed E-state index contributed by atoms with van der Waals surface area (Å²) in [6.45, 7) is 1.14. The van der Waals surface area contributed by atoms with Crippen LogP contribution in [0.25, 0.3) is 0 Å². The molecule has 1 aliphatic heterocycles. The van der Waals surface area contributed by atoms with Crippen molar-refractivity contribution < 1.29 is 14.4 Å². The molecule has 1 aromatic rings. The van der Waals surface area contributed by atoms with E-state index in [4.69, 9.17) is 5.73 Å². The zero-order valence-corrected chi connectivity index (χ0v) is 17.8. The molecule has 2 fully saturated rings. The lowest BCUT2D eigenvalue weighted by molar-refractivity contribution is -0.135. The molecule has 3 rings (SSSR count). The average Bonchev–Trinajstić information content (AvgIpc) is 3.44. The third-order valence-electron chi connectivity index (χ3n) is 6.29. The Balaban J connectivity index is 1.49. The Bertz CT molecular complexity index is 716. The number of likely N-dealkylation sites (N-methyl/N-ethyl adjacent to an activating group) is 1. The van der Waals surface area contributed by atoms with Gasteiger partial charge in [0.05, 0.1) is 18.5 Å². The van der Waals surface area contributed by atoms with Crippen LogP contribution in [-0.2, 0) is 14.4 Å². The van der Waals surface area contributed by atoms with Crippen molar-refractivity contribution in [1.82, 2.24) is 25.3 Å². The van der Waals surface area contributed by atoms with E-state index in [-0.39, 0.29) is 30.2 Å². The lowest BCUT2D eigenvalue weighted by Crippen LogP contribution is -2.50. The summed E-state index contributed by atoms with van der Waals surface area (Å²) in [5, 5.41) is 9.67. The van der Waals surface area contributed by atoms with Crippen molar-refractivity contribution in [3.63, 3.8) is 0 Å². The second-order valence-corrected chi connectivity index (χ2v) is 8.50. The molecule has 2 heterocycles. The van der Waals surface area contributed by atoms with Gasteiger partial charge in [-0.1, -0.05) is 32.1 Å². The molecule has 1 aliphatic carbocycles. The van der Waals surface area contributed by atoms with Crippen molar-refractivity contribution in [2.24, 2.45) is 11.7 Å². The minimum atomic E-state index is -0.915. The van der Waals surface area contributed by atoms with Crippen molar-refractivity contribution in [3.8, 4) is 0 Å². The number of hydrogen-bond donors (Lipinski definition) is 3. The van der Waals surface area contributed by atoms with Crippen LogP contribution in [0.4, 0.5) is 0 Å². The molecule has 0 aromatic carbocycles. The maximum absolute atomic E-state index is 12.7. The van der Waals surface area contributed by atoms with E-state index < -0.39 is 12.1 Å². The monoisotopic (exact) mass is 418 g/mol. The van der Waals surface area contributed by atoms with Crippen LogP contribution in [0, 0.1) is 5.92 Å². The lowest BCUT2D eigenvalue weighted by atomic mass is 9.84. The van der Waals surface area contributed by atoms with Gasteiger partial charge in [0, 0.05) is 32.5 Å². The van der Waals surface area contributed by atoms with Gasteiger partial charge < -0.3 is 21.3 Å². The number of nitrogens with one attached hydrogen (secondary N) is 2. The Morgan fingerprint density at radius 1 is 1.20 bits per heavy atom. The third kappa shape index (κ3) is 5.81. The quantitative estimate of drug-likeness (QED) is 0.570. The molecule has 3 amide bonds. The first-order valence-electron chi connectivity index (χ1n) is 11.0. The first-order chi connectivity index (χ1) is 14.5. The van der Waals surface area contributed by atoms with Crippen LogP contribution in [0.1, 0.15) is 57.4 Å². The highest BCUT2D eigenvalue weighted by Crippen LogP contribution is 2.27. The number of nitrogens with two attached hydrogens (primary N) is 1. The van der Waals surface area contributed by atoms with E-state index >= 15 is 0 Å². The number of amides is 3. The lowest BCUT2D eigenvalue weighted by Gasteiger charge is -2.27. The molecule has 1 saturated carbocycles. The second kappa shape index (κ2) is 10.6. The SMILES string of the molecule is CNC(=O)C(CC1CCCCC1)NC(=O)CC(N)C(=O)N1CCC(n2cccn2)C1. The number of likely N-dealkylation sites (tertiary alicyclic amines) is 1. The van der Waals surface area contributed by atoms with E-state index in [1.165, 1.54) is 19.3 Å².